The lowest BCUT2D eigenvalue weighted by Gasteiger charge is -2.14. The van der Waals surface area contributed by atoms with Gasteiger partial charge in [0.25, 0.3) is 0 Å². The van der Waals surface area contributed by atoms with E-state index in [2.05, 4.69) is 11.1 Å². The van der Waals surface area contributed by atoms with Gasteiger partial charge < -0.3 is 4.57 Å². The van der Waals surface area contributed by atoms with Crippen LogP contribution in [-0.4, -0.2) is 15.8 Å². The number of benzene rings is 2. The molecule has 2 aromatic carbocycles. The zero-order chi connectivity index (χ0) is 19.5. The summed E-state index contributed by atoms with van der Waals surface area (Å²) in [6.07, 6.45) is 3.75. The summed E-state index contributed by atoms with van der Waals surface area (Å²) < 4.78 is 1.90. The summed E-state index contributed by atoms with van der Waals surface area (Å²) in [6, 6.07) is 19.4. The van der Waals surface area contributed by atoms with Crippen LogP contribution in [0.4, 0.5) is 0 Å². The Bertz CT molecular complexity index is 1220. The van der Waals surface area contributed by atoms with Crippen LogP contribution in [0, 0.1) is 0 Å². The predicted molar refractivity (Wildman–Crippen MR) is 113 cm³/mol. The molecular formula is C22H15ClN2O2S. The number of aromatic nitrogens is 2. The molecule has 0 bridgehead atoms. The second-order valence-electron chi connectivity index (χ2n) is 6.19. The number of nitrogens with zero attached hydrogens (tertiary/aromatic N) is 2. The number of halogens is 1. The van der Waals surface area contributed by atoms with E-state index >= 15 is 0 Å². The van der Waals surface area contributed by atoms with E-state index in [1.54, 1.807) is 30.2 Å². The second-order valence-corrected chi connectivity index (χ2v) is 7.75. The van der Waals surface area contributed by atoms with Gasteiger partial charge in [-0.2, -0.15) is 0 Å². The lowest BCUT2D eigenvalue weighted by Crippen LogP contribution is -2.16. The van der Waals surface area contributed by atoms with Crippen molar-refractivity contribution >= 4 is 40.7 Å². The Morgan fingerprint density at radius 2 is 1.82 bits per heavy atom. The molecule has 2 heterocycles. The summed E-state index contributed by atoms with van der Waals surface area (Å²) in [5, 5.41) is 0.700. The van der Waals surface area contributed by atoms with Crippen molar-refractivity contribution in [2.75, 3.05) is 0 Å². The van der Waals surface area contributed by atoms with Gasteiger partial charge in [0.05, 0.1) is 11.1 Å². The van der Waals surface area contributed by atoms with E-state index in [0.717, 1.165) is 15.4 Å². The molecule has 4 rings (SSSR count). The SMILES string of the molecule is O=Cc1cn(Cc2ccccc2Sc2ccc(Cl)cc2)c2cccnc2c1=O. The largest absolute Gasteiger partial charge is 0.341 e. The summed E-state index contributed by atoms with van der Waals surface area (Å²) >= 11 is 7.62. The number of carbonyl (C=O) groups is 1. The van der Waals surface area contributed by atoms with Crippen molar-refractivity contribution in [1.29, 1.82) is 0 Å². The first-order valence-corrected chi connectivity index (χ1v) is 9.80. The lowest BCUT2D eigenvalue weighted by atomic mass is 10.2. The van der Waals surface area contributed by atoms with Crippen molar-refractivity contribution in [3.63, 3.8) is 0 Å². The molecule has 0 unspecified atom stereocenters. The molecule has 0 saturated heterocycles. The van der Waals surface area contributed by atoms with Crippen LogP contribution in [0.3, 0.4) is 0 Å². The Hall–Kier alpha value is -2.89. The zero-order valence-corrected chi connectivity index (χ0v) is 16.3. The van der Waals surface area contributed by atoms with E-state index in [-0.39, 0.29) is 11.0 Å². The van der Waals surface area contributed by atoms with Crippen LogP contribution in [0.15, 0.2) is 87.6 Å². The van der Waals surface area contributed by atoms with Crippen LogP contribution >= 0.6 is 23.4 Å². The number of rotatable bonds is 5. The molecule has 4 aromatic rings. The van der Waals surface area contributed by atoms with Crippen LogP contribution in [0.2, 0.25) is 5.02 Å². The van der Waals surface area contributed by atoms with Crippen molar-refractivity contribution in [2.45, 2.75) is 16.3 Å². The average Bonchev–Trinajstić information content (AvgIpc) is 2.73. The smallest absolute Gasteiger partial charge is 0.218 e. The Morgan fingerprint density at radius 1 is 1.04 bits per heavy atom. The lowest BCUT2D eigenvalue weighted by molar-refractivity contribution is 0.112. The third kappa shape index (κ3) is 3.72. The molecule has 2 aromatic heterocycles. The molecular weight excluding hydrogens is 392 g/mol. The summed E-state index contributed by atoms with van der Waals surface area (Å²) in [6.45, 7) is 0.514. The minimum atomic E-state index is -0.342. The molecule has 0 aliphatic carbocycles. The van der Waals surface area contributed by atoms with E-state index < -0.39 is 0 Å². The summed E-state index contributed by atoms with van der Waals surface area (Å²) in [5.74, 6) is 0. The second kappa shape index (κ2) is 8.00. The van der Waals surface area contributed by atoms with Gasteiger partial charge in [0.2, 0.25) is 5.43 Å². The molecule has 0 aliphatic heterocycles. The van der Waals surface area contributed by atoms with Crippen molar-refractivity contribution in [3.8, 4) is 0 Å². The van der Waals surface area contributed by atoms with E-state index in [1.807, 2.05) is 53.1 Å². The van der Waals surface area contributed by atoms with Crippen molar-refractivity contribution < 1.29 is 4.79 Å². The maximum absolute atomic E-state index is 12.4. The van der Waals surface area contributed by atoms with Crippen molar-refractivity contribution in [2.24, 2.45) is 0 Å². The van der Waals surface area contributed by atoms with Gasteiger partial charge >= 0.3 is 0 Å². The summed E-state index contributed by atoms with van der Waals surface area (Å²) in [7, 11) is 0. The van der Waals surface area contributed by atoms with Crippen molar-refractivity contribution in [1.82, 2.24) is 9.55 Å². The van der Waals surface area contributed by atoms with Gasteiger partial charge in [0, 0.05) is 33.8 Å². The van der Waals surface area contributed by atoms with Gasteiger partial charge in [-0.25, -0.2) is 0 Å². The van der Waals surface area contributed by atoms with Gasteiger partial charge in [0.15, 0.2) is 6.29 Å². The van der Waals surface area contributed by atoms with E-state index in [0.29, 0.717) is 28.9 Å². The molecule has 6 heteroatoms. The zero-order valence-electron chi connectivity index (χ0n) is 14.7. The number of hydrogen-bond acceptors (Lipinski definition) is 4. The molecule has 0 amide bonds. The van der Waals surface area contributed by atoms with Gasteiger partial charge in [-0.15, -0.1) is 0 Å². The number of pyridine rings is 2. The Balaban J connectivity index is 1.76. The highest BCUT2D eigenvalue weighted by atomic mass is 35.5. The number of hydrogen-bond donors (Lipinski definition) is 0. The first kappa shape index (κ1) is 18.5. The minimum absolute atomic E-state index is 0.106. The third-order valence-corrected chi connectivity index (χ3v) is 5.73. The Labute approximate surface area is 170 Å². The first-order chi connectivity index (χ1) is 13.7. The molecule has 28 heavy (non-hydrogen) atoms. The fourth-order valence-electron chi connectivity index (χ4n) is 3.00. The summed E-state index contributed by atoms with van der Waals surface area (Å²) in [4.78, 5) is 30.1. The van der Waals surface area contributed by atoms with Gasteiger partial charge in [0.1, 0.15) is 5.52 Å². The molecule has 0 fully saturated rings. The monoisotopic (exact) mass is 406 g/mol. The molecule has 138 valence electrons. The van der Waals surface area contributed by atoms with Gasteiger partial charge in [-0.05, 0) is 48.0 Å². The standard InChI is InChI=1S/C22H15ClN2O2S/c23-17-7-9-18(10-8-17)28-20-6-2-1-4-15(20)12-25-13-16(14-26)22(27)21-19(25)5-3-11-24-21/h1-11,13-14H,12H2. The van der Waals surface area contributed by atoms with Gasteiger partial charge in [-0.1, -0.05) is 41.6 Å². The van der Waals surface area contributed by atoms with Crippen LogP contribution in [0.25, 0.3) is 11.0 Å². The van der Waals surface area contributed by atoms with Crippen molar-refractivity contribution in [3.05, 3.63) is 99.4 Å². The van der Waals surface area contributed by atoms with E-state index in [9.17, 15) is 9.59 Å². The van der Waals surface area contributed by atoms with Gasteiger partial charge in [-0.3, -0.25) is 14.6 Å². The number of aldehydes is 1. The number of carbonyl (C=O) groups excluding carboxylic acids is 1. The first-order valence-electron chi connectivity index (χ1n) is 8.60. The fraction of sp³-hybridized carbons (Fsp3) is 0.0455. The molecule has 0 aliphatic rings. The predicted octanol–water partition coefficient (Wildman–Crippen LogP) is 5.06. The van der Waals surface area contributed by atoms with E-state index in [1.165, 1.54) is 0 Å². The number of fused-ring (bicyclic) bond motifs is 1. The van der Waals surface area contributed by atoms with Crippen LogP contribution in [0.5, 0.6) is 0 Å². The third-order valence-electron chi connectivity index (χ3n) is 4.35. The highest BCUT2D eigenvalue weighted by molar-refractivity contribution is 7.99. The van der Waals surface area contributed by atoms with Crippen LogP contribution in [0.1, 0.15) is 15.9 Å². The summed E-state index contributed by atoms with van der Waals surface area (Å²) in [5.41, 5.74) is 1.84. The molecule has 0 N–H and O–H groups in total. The normalized spacial score (nSPS) is 10.9. The molecule has 0 radical (unpaired) electrons. The Morgan fingerprint density at radius 3 is 2.61 bits per heavy atom. The highest BCUT2D eigenvalue weighted by Crippen LogP contribution is 2.31. The highest BCUT2D eigenvalue weighted by Gasteiger charge is 2.11. The molecule has 0 atom stereocenters. The average molecular weight is 407 g/mol. The molecule has 0 spiro atoms. The maximum atomic E-state index is 12.4. The fourth-order valence-corrected chi connectivity index (χ4v) is 4.06. The van der Waals surface area contributed by atoms with Crippen LogP contribution < -0.4 is 5.43 Å². The molecule has 4 nitrogen and oxygen atoms in total. The quantitative estimate of drug-likeness (QED) is 0.434. The molecule has 0 saturated carbocycles. The van der Waals surface area contributed by atoms with E-state index in [4.69, 9.17) is 11.6 Å². The maximum Gasteiger partial charge on any atom is 0.218 e. The van der Waals surface area contributed by atoms with Crippen LogP contribution in [-0.2, 0) is 6.54 Å². The minimum Gasteiger partial charge on any atom is -0.341 e. The Kier molecular flexibility index (Phi) is 5.28. The topological polar surface area (TPSA) is 52.0 Å².